The molecule has 1 aliphatic heterocycles. The lowest BCUT2D eigenvalue weighted by Crippen LogP contribution is -2.41. The highest BCUT2D eigenvalue weighted by Crippen LogP contribution is 2.17. The van der Waals surface area contributed by atoms with Gasteiger partial charge in [0.15, 0.2) is 0 Å². The number of ether oxygens (including phenoxy) is 1. The van der Waals surface area contributed by atoms with Gasteiger partial charge in [-0.2, -0.15) is 0 Å². The summed E-state index contributed by atoms with van der Waals surface area (Å²) in [6.45, 7) is 4.94. The maximum Gasteiger partial charge on any atom is 0.410 e. The highest BCUT2D eigenvalue weighted by atomic mass is 16.6. The predicted molar refractivity (Wildman–Crippen MR) is 57.8 cm³/mol. The fourth-order valence-electron chi connectivity index (χ4n) is 1.59. The average molecular weight is 211 g/mol. The summed E-state index contributed by atoms with van der Waals surface area (Å²) >= 11 is 0. The largest absolute Gasteiger partial charge is 0.445 e. The van der Waals surface area contributed by atoms with E-state index in [4.69, 9.17) is 15.9 Å². The molecule has 0 aromatic rings. The van der Waals surface area contributed by atoms with E-state index in [2.05, 4.69) is 6.58 Å². The second kappa shape index (κ2) is 5.38. The van der Waals surface area contributed by atoms with Crippen LogP contribution in [0.15, 0.2) is 12.7 Å². The zero-order valence-electron chi connectivity index (χ0n) is 8.74. The highest BCUT2D eigenvalue weighted by Gasteiger charge is 2.24. The van der Waals surface area contributed by atoms with Crippen LogP contribution in [0, 0.1) is 11.3 Å². The molecule has 0 atom stereocenters. The Bertz CT molecular complexity index is 257. The molecular weight excluding hydrogens is 194 g/mol. The fourth-order valence-corrected chi connectivity index (χ4v) is 1.59. The Morgan fingerprint density at radius 3 is 2.67 bits per heavy atom. The fraction of sp³-hybridized carbons (Fsp3) is 0.600. The standard InChI is InChI=1S/C10H17N3O2/c1-2-7-15-10(14)13-5-3-8(4-6-13)9(11)12/h2,8H,1,3-7H2,(H3,11,12). The van der Waals surface area contributed by atoms with Gasteiger partial charge >= 0.3 is 6.09 Å². The van der Waals surface area contributed by atoms with Crippen molar-refractivity contribution in [2.24, 2.45) is 11.7 Å². The molecule has 1 amide bonds. The quantitative estimate of drug-likeness (QED) is 0.414. The molecule has 1 rings (SSSR count). The molecule has 5 nitrogen and oxygen atoms in total. The number of rotatable bonds is 3. The molecule has 1 aliphatic rings. The molecule has 0 aromatic carbocycles. The molecule has 1 heterocycles. The normalized spacial score (nSPS) is 17.2. The molecule has 0 bridgehead atoms. The molecule has 0 unspecified atom stereocenters. The smallest absolute Gasteiger partial charge is 0.410 e. The molecule has 1 fully saturated rings. The second-order valence-corrected chi connectivity index (χ2v) is 3.58. The van der Waals surface area contributed by atoms with Crippen molar-refractivity contribution in [2.45, 2.75) is 12.8 Å². The number of piperidine rings is 1. The van der Waals surface area contributed by atoms with Crippen LogP contribution in [0.1, 0.15) is 12.8 Å². The van der Waals surface area contributed by atoms with E-state index < -0.39 is 0 Å². The van der Waals surface area contributed by atoms with Crippen molar-refractivity contribution in [2.75, 3.05) is 19.7 Å². The van der Waals surface area contributed by atoms with E-state index in [0.29, 0.717) is 13.1 Å². The van der Waals surface area contributed by atoms with Crippen LogP contribution in [-0.4, -0.2) is 36.5 Å². The number of hydrogen-bond acceptors (Lipinski definition) is 3. The monoisotopic (exact) mass is 211 g/mol. The number of amidine groups is 1. The van der Waals surface area contributed by atoms with Crippen molar-refractivity contribution in [3.8, 4) is 0 Å². The molecular formula is C10H17N3O2. The van der Waals surface area contributed by atoms with Crippen LogP contribution < -0.4 is 5.73 Å². The van der Waals surface area contributed by atoms with Crippen LogP contribution in [-0.2, 0) is 4.74 Å². The zero-order valence-corrected chi connectivity index (χ0v) is 8.74. The summed E-state index contributed by atoms with van der Waals surface area (Å²) in [6, 6.07) is 0. The van der Waals surface area contributed by atoms with Gasteiger partial charge in [0.25, 0.3) is 0 Å². The summed E-state index contributed by atoms with van der Waals surface area (Å²) in [4.78, 5) is 13.0. The van der Waals surface area contributed by atoms with Gasteiger partial charge in [0, 0.05) is 19.0 Å². The molecule has 84 valence electrons. The third-order valence-corrected chi connectivity index (χ3v) is 2.52. The van der Waals surface area contributed by atoms with Crippen LogP contribution in [0.2, 0.25) is 0 Å². The molecule has 0 aliphatic carbocycles. The highest BCUT2D eigenvalue weighted by molar-refractivity contribution is 5.80. The van der Waals surface area contributed by atoms with E-state index in [1.54, 1.807) is 11.0 Å². The summed E-state index contributed by atoms with van der Waals surface area (Å²) in [5.41, 5.74) is 5.40. The number of nitrogens with one attached hydrogen (secondary N) is 1. The minimum Gasteiger partial charge on any atom is -0.445 e. The van der Waals surface area contributed by atoms with E-state index in [0.717, 1.165) is 12.8 Å². The van der Waals surface area contributed by atoms with Gasteiger partial charge in [0.1, 0.15) is 6.61 Å². The summed E-state index contributed by atoms with van der Waals surface area (Å²) in [5.74, 6) is 0.336. The van der Waals surface area contributed by atoms with Crippen LogP contribution in [0.5, 0.6) is 0 Å². The summed E-state index contributed by atoms with van der Waals surface area (Å²) in [5, 5.41) is 7.30. The molecule has 0 saturated carbocycles. The van der Waals surface area contributed by atoms with Gasteiger partial charge in [-0.25, -0.2) is 4.79 Å². The molecule has 5 heteroatoms. The van der Waals surface area contributed by atoms with Gasteiger partial charge in [0.2, 0.25) is 0 Å². The summed E-state index contributed by atoms with van der Waals surface area (Å²) < 4.78 is 4.91. The Labute approximate surface area is 89.4 Å². The Kier molecular flexibility index (Phi) is 4.15. The van der Waals surface area contributed by atoms with Crippen molar-refractivity contribution < 1.29 is 9.53 Å². The minimum atomic E-state index is -0.308. The van der Waals surface area contributed by atoms with Crippen molar-refractivity contribution in [1.29, 1.82) is 5.41 Å². The molecule has 1 saturated heterocycles. The van der Waals surface area contributed by atoms with E-state index >= 15 is 0 Å². The minimum absolute atomic E-state index is 0.119. The molecule has 0 radical (unpaired) electrons. The molecule has 15 heavy (non-hydrogen) atoms. The first-order valence-corrected chi connectivity index (χ1v) is 5.01. The van der Waals surface area contributed by atoms with Gasteiger partial charge in [-0.3, -0.25) is 5.41 Å². The lowest BCUT2D eigenvalue weighted by molar-refractivity contribution is 0.101. The first kappa shape index (κ1) is 11.6. The van der Waals surface area contributed by atoms with Gasteiger partial charge in [-0.1, -0.05) is 12.7 Å². The summed E-state index contributed by atoms with van der Waals surface area (Å²) in [6.07, 6.45) is 2.73. The third-order valence-electron chi connectivity index (χ3n) is 2.52. The molecule has 0 spiro atoms. The van der Waals surface area contributed by atoms with Gasteiger partial charge in [-0.15, -0.1) is 0 Å². The van der Waals surface area contributed by atoms with Crippen LogP contribution in [0.25, 0.3) is 0 Å². The van der Waals surface area contributed by atoms with Crippen molar-refractivity contribution >= 4 is 11.9 Å². The van der Waals surface area contributed by atoms with Gasteiger partial charge in [0.05, 0.1) is 5.84 Å². The van der Waals surface area contributed by atoms with Crippen molar-refractivity contribution in [1.82, 2.24) is 4.90 Å². The van der Waals surface area contributed by atoms with Gasteiger partial charge < -0.3 is 15.4 Å². The maximum absolute atomic E-state index is 11.4. The number of nitrogens with zero attached hydrogens (tertiary/aromatic N) is 1. The van der Waals surface area contributed by atoms with Crippen molar-refractivity contribution in [3.05, 3.63) is 12.7 Å². The lowest BCUT2D eigenvalue weighted by Gasteiger charge is -2.30. The molecule has 3 N–H and O–H groups in total. The number of likely N-dealkylation sites (tertiary alicyclic amines) is 1. The zero-order chi connectivity index (χ0) is 11.3. The van der Waals surface area contributed by atoms with E-state index in [9.17, 15) is 4.79 Å². The predicted octanol–water partition coefficient (Wildman–Crippen LogP) is 0.957. The number of hydrogen-bond donors (Lipinski definition) is 2. The third kappa shape index (κ3) is 3.27. The van der Waals surface area contributed by atoms with Crippen molar-refractivity contribution in [3.63, 3.8) is 0 Å². The topological polar surface area (TPSA) is 79.4 Å². The summed E-state index contributed by atoms with van der Waals surface area (Å²) in [7, 11) is 0. The first-order chi connectivity index (χ1) is 7.15. The van der Waals surface area contributed by atoms with E-state index in [1.807, 2.05) is 0 Å². The maximum atomic E-state index is 11.4. The number of amides is 1. The van der Waals surface area contributed by atoms with Gasteiger partial charge in [-0.05, 0) is 12.8 Å². The van der Waals surface area contributed by atoms with Crippen LogP contribution in [0.3, 0.4) is 0 Å². The van der Waals surface area contributed by atoms with E-state index in [1.165, 1.54) is 0 Å². The SMILES string of the molecule is C=CCOC(=O)N1CCC(C(=N)N)CC1. The number of carbonyl (C=O) groups is 1. The second-order valence-electron chi connectivity index (χ2n) is 3.58. The average Bonchev–Trinajstić information content (AvgIpc) is 2.26. The lowest BCUT2D eigenvalue weighted by atomic mass is 9.96. The van der Waals surface area contributed by atoms with Crippen LogP contribution >= 0.6 is 0 Å². The Morgan fingerprint density at radius 1 is 1.60 bits per heavy atom. The Morgan fingerprint density at radius 2 is 2.20 bits per heavy atom. The van der Waals surface area contributed by atoms with E-state index in [-0.39, 0.29) is 24.5 Å². The first-order valence-electron chi connectivity index (χ1n) is 5.01. The number of carbonyl (C=O) groups excluding carboxylic acids is 1. The Hall–Kier alpha value is -1.52. The molecule has 0 aromatic heterocycles. The van der Waals surface area contributed by atoms with Crippen LogP contribution in [0.4, 0.5) is 4.79 Å². The number of nitrogens with two attached hydrogens (primary N) is 1. The Balaban J connectivity index is 2.33.